The monoisotopic (exact) mass is 221 g/mol. The van der Waals surface area contributed by atoms with Gasteiger partial charge in [0, 0.05) is 12.0 Å². The molecule has 2 rings (SSSR count). The van der Waals surface area contributed by atoms with Crippen molar-refractivity contribution in [3.63, 3.8) is 0 Å². The largest absolute Gasteiger partial charge is 0.325 e. The highest BCUT2D eigenvalue weighted by Gasteiger charge is 2.30. The molecule has 16 heavy (non-hydrogen) atoms. The van der Waals surface area contributed by atoms with E-state index in [2.05, 4.69) is 6.08 Å². The van der Waals surface area contributed by atoms with E-state index >= 15 is 0 Å². The minimum absolute atomic E-state index is 0.187. The minimum Gasteiger partial charge on any atom is -0.325 e. The molecule has 0 radical (unpaired) electrons. The van der Waals surface area contributed by atoms with Gasteiger partial charge in [0.15, 0.2) is 5.78 Å². The number of carbonyl (C=O) groups excluding carboxylic acids is 1. The lowest BCUT2D eigenvalue weighted by Crippen LogP contribution is -2.43. The van der Waals surface area contributed by atoms with Crippen molar-refractivity contribution < 1.29 is 4.79 Å². The third-order valence-electron chi connectivity index (χ3n) is 4.01. The smallest absolute Gasteiger partial charge is 0.160 e. The molecule has 1 fully saturated rings. The van der Waals surface area contributed by atoms with Crippen molar-refractivity contribution in [2.75, 3.05) is 0 Å². The highest BCUT2D eigenvalue weighted by atomic mass is 16.1. The van der Waals surface area contributed by atoms with Crippen molar-refractivity contribution in [1.82, 2.24) is 0 Å². The van der Waals surface area contributed by atoms with Crippen LogP contribution in [0.15, 0.2) is 11.6 Å². The zero-order valence-electron chi connectivity index (χ0n) is 10.1. The van der Waals surface area contributed by atoms with E-state index in [9.17, 15) is 4.79 Å². The Labute approximate surface area is 98.3 Å². The number of hydrogen-bond donors (Lipinski definition) is 1. The number of ketones is 1. The molecule has 0 saturated heterocycles. The van der Waals surface area contributed by atoms with Crippen LogP contribution >= 0.6 is 0 Å². The van der Waals surface area contributed by atoms with Crippen LogP contribution in [-0.2, 0) is 4.79 Å². The van der Waals surface area contributed by atoms with E-state index in [1.165, 1.54) is 32.1 Å². The molecule has 0 spiro atoms. The van der Waals surface area contributed by atoms with Gasteiger partial charge in [-0.3, -0.25) is 4.79 Å². The maximum atomic E-state index is 12.1. The predicted octanol–water partition coefficient (Wildman–Crippen LogP) is 3.11. The summed E-state index contributed by atoms with van der Waals surface area (Å²) in [7, 11) is 0. The fourth-order valence-corrected chi connectivity index (χ4v) is 2.96. The highest BCUT2D eigenvalue weighted by Crippen LogP contribution is 2.31. The van der Waals surface area contributed by atoms with E-state index in [1.54, 1.807) is 0 Å². The Balaban J connectivity index is 1.92. The fourth-order valence-electron chi connectivity index (χ4n) is 2.96. The van der Waals surface area contributed by atoms with Crippen LogP contribution in [0.4, 0.5) is 0 Å². The van der Waals surface area contributed by atoms with E-state index < -0.39 is 0 Å². The first-order chi connectivity index (χ1) is 7.70. The molecule has 2 heteroatoms. The summed E-state index contributed by atoms with van der Waals surface area (Å²) in [6.07, 6.45) is 12.9. The van der Waals surface area contributed by atoms with Gasteiger partial charge < -0.3 is 5.73 Å². The van der Waals surface area contributed by atoms with E-state index in [0.717, 1.165) is 31.3 Å². The van der Waals surface area contributed by atoms with Gasteiger partial charge in [0.25, 0.3) is 0 Å². The van der Waals surface area contributed by atoms with Gasteiger partial charge in [0.2, 0.25) is 0 Å². The molecular formula is C14H23NO. The van der Waals surface area contributed by atoms with Crippen molar-refractivity contribution >= 4 is 5.78 Å². The van der Waals surface area contributed by atoms with Crippen molar-refractivity contribution in [3.05, 3.63) is 11.6 Å². The maximum absolute atomic E-state index is 12.1. The summed E-state index contributed by atoms with van der Waals surface area (Å²) in [4.78, 5) is 12.1. The summed E-state index contributed by atoms with van der Waals surface area (Å²) < 4.78 is 0. The summed E-state index contributed by atoms with van der Waals surface area (Å²) >= 11 is 0. The lowest BCUT2D eigenvalue weighted by molar-refractivity contribution is -0.117. The molecule has 0 unspecified atom stereocenters. The van der Waals surface area contributed by atoms with Crippen LogP contribution in [0.1, 0.15) is 64.2 Å². The van der Waals surface area contributed by atoms with Crippen LogP contribution in [0.3, 0.4) is 0 Å². The lowest BCUT2D eigenvalue weighted by atomic mass is 9.77. The second-order valence-corrected chi connectivity index (χ2v) is 5.50. The first-order valence-corrected chi connectivity index (χ1v) is 6.71. The van der Waals surface area contributed by atoms with Crippen molar-refractivity contribution in [2.24, 2.45) is 5.73 Å². The third kappa shape index (κ3) is 2.94. The van der Waals surface area contributed by atoms with Crippen LogP contribution in [0.5, 0.6) is 0 Å². The molecule has 2 aliphatic rings. The Morgan fingerprint density at radius 1 is 1.19 bits per heavy atom. The Kier molecular flexibility index (Phi) is 3.80. The molecule has 2 aliphatic carbocycles. The molecule has 0 atom stereocenters. The molecule has 0 amide bonds. The van der Waals surface area contributed by atoms with Gasteiger partial charge >= 0.3 is 0 Å². The van der Waals surface area contributed by atoms with Gasteiger partial charge in [0.05, 0.1) is 0 Å². The number of rotatable bonds is 3. The molecule has 2 nitrogen and oxygen atoms in total. The van der Waals surface area contributed by atoms with E-state index in [1.807, 2.05) is 0 Å². The topological polar surface area (TPSA) is 43.1 Å². The number of nitrogens with two attached hydrogens (primary N) is 1. The summed E-state index contributed by atoms with van der Waals surface area (Å²) in [6, 6.07) is 0. The summed E-state index contributed by atoms with van der Waals surface area (Å²) in [5.74, 6) is 0.323. The number of carbonyl (C=O) groups is 1. The van der Waals surface area contributed by atoms with E-state index in [4.69, 9.17) is 5.73 Å². The molecule has 0 heterocycles. The van der Waals surface area contributed by atoms with Crippen molar-refractivity contribution in [1.29, 1.82) is 0 Å². The Morgan fingerprint density at radius 2 is 1.94 bits per heavy atom. The molecule has 90 valence electrons. The average Bonchev–Trinajstić information content (AvgIpc) is 2.30. The molecule has 0 aromatic carbocycles. The molecule has 0 aliphatic heterocycles. The summed E-state index contributed by atoms with van der Waals surface area (Å²) in [6.45, 7) is 0. The fraction of sp³-hybridized carbons (Fsp3) is 0.786. The van der Waals surface area contributed by atoms with Crippen LogP contribution in [0.2, 0.25) is 0 Å². The molecule has 0 aromatic heterocycles. The normalized spacial score (nSPS) is 24.9. The summed E-state index contributed by atoms with van der Waals surface area (Å²) in [5.41, 5.74) is 7.19. The maximum Gasteiger partial charge on any atom is 0.160 e. The van der Waals surface area contributed by atoms with Gasteiger partial charge in [-0.1, -0.05) is 25.3 Å². The Morgan fingerprint density at radius 3 is 2.56 bits per heavy atom. The molecule has 2 N–H and O–H groups in total. The number of Topliss-reactive ketones (excluding diaryl/α,β-unsaturated/α-hetero) is 1. The van der Waals surface area contributed by atoms with Gasteiger partial charge in [-0.25, -0.2) is 0 Å². The second kappa shape index (κ2) is 5.13. The van der Waals surface area contributed by atoms with Crippen molar-refractivity contribution in [2.45, 2.75) is 69.7 Å². The van der Waals surface area contributed by atoms with Crippen molar-refractivity contribution in [3.8, 4) is 0 Å². The Hall–Kier alpha value is -0.630. The third-order valence-corrected chi connectivity index (χ3v) is 4.01. The van der Waals surface area contributed by atoms with Gasteiger partial charge in [-0.05, 0) is 44.1 Å². The first kappa shape index (κ1) is 11.8. The summed E-state index contributed by atoms with van der Waals surface area (Å²) in [5, 5.41) is 0. The van der Waals surface area contributed by atoms with Crippen LogP contribution < -0.4 is 5.73 Å². The highest BCUT2D eigenvalue weighted by molar-refractivity contribution is 5.96. The lowest BCUT2D eigenvalue weighted by Gasteiger charge is -2.33. The SMILES string of the molecule is NC1(CC(=O)C2=CCCCC2)CCCCC1. The number of allylic oxidation sites excluding steroid dienone is 2. The van der Waals surface area contributed by atoms with Gasteiger partial charge in [-0.2, -0.15) is 0 Å². The quantitative estimate of drug-likeness (QED) is 0.795. The zero-order chi connectivity index (χ0) is 11.4. The predicted molar refractivity (Wildman–Crippen MR) is 66.2 cm³/mol. The second-order valence-electron chi connectivity index (χ2n) is 5.50. The van der Waals surface area contributed by atoms with Crippen LogP contribution in [-0.4, -0.2) is 11.3 Å². The molecule has 1 saturated carbocycles. The van der Waals surface area contributed by atoms with Crippen LogP contribution in [0.25, 0.3) is 0 Å². The average molecular weight is 221 g/mol. The van der Waals surface area contributed by atoms with Crippen LogP contribution in [0, 0.1) is 0 Å². The molecular weight excluding hydrogens is 198 g/mol. The van der Waals surface area contributed by atoms with Gasteiger partial charge in [-0.15, -0.1) is 0 Å². The zero-order valence-corrected chi connectivity index (χ0v) is 10.1. The minimum atomic E-state index is -0.187. The van der Waals surface area contributed by atoms with E-state index in [-0.39, 0.29) is 5.54 Å². The van der Waals surface area contributed by atoms with E-state index in [0.29, 0.717) is 12.2 Å². The molecule has 0 bridgehead atoms. The molecule has 0 aromatic rings. The standard InChI is InChI=1S/C14H23NO/c15-14(9-5-2-6-10-14)11-13(16)12-7-3-1-4-8-12/h7H,1-6,8-11,15H2. The number of hydrogen-bond acceptors (Lipinski definition) is 2. The first-order valence-electron chi connectivity index (χ1n) is 6.71. The Bertz CT molecular complexity index is 287. The van der Waals surface area contributed by atoms with Gasteiger partial charge in [0.1, 0.15) is 0 Å².